The lowest BCUT2D eigenvalue weighted by Gasteiger charge is -2.37. The standard InChI is InChI=1S/C21H27N3O/c1-15-8-9-16(2)19(14-15)23-10-12-24(13-11-23)21(25)22-20-17(3)6-5-7-18(20)4/h5-9,14H,10-13H2,1-4H3,(H,22,25). The van der Waals surface area contributed by atoms with E-state index in [1.165, 1.54) is 16.8 Å². The Morgan fingerprint density at radius 2 is 1.52 bits per heavy atom. The highest BCUT2D eigenvalue weighted by Gasteiger charge is 2.22. The smallest absolute Gasteiger partial charge is 0.321 e. The number of anilines is 2. The highest BCUT2D eigenvalue weighted by molar-refractivity contribution is 5.91. The van der Waals surface area contributed by atoms with Gasteiger partial charge in [-0.1, -0.05) is 30.3 Å². The molecule has 0 aromatic heterocycles. The van der Waals surface area contributed by atoms with E-state index in [0.717, 1.165) is 43.0 Å². The molecule has 132 valence electrons. The van der Waals surface area contributed by atoms with Crippen molar-refractivity contribution in [3.8, 4) is 0 Å². The SMILES string of the molecule is Cc1ccc(C)c(N2CCN(C(=O)Nc3c(C)cccc3C)CC2)c1. The second kappa shape index (κ2) is 7.18. The normalized spacial score (nSPS) is 14.6. The minimum absolute atomic E-state index is 0.00184. The second-order valence-corrected chi connectivity index (χ2v) is 6.96. The van der Waals surface area contributed by atoms with Crippen molar-refractivity contribution < 1.29 is 4.79 Å². The Balaban J connectivity index is 1.64. The van der Waals surface area contributed by atoms with Crippen LogP contribution in [0.5, 0.6) is 0 Å². The number of rotatable bonds is 2. The fourth-order valence-corrected chi connectivity index (χ4v) is 3.41. The van der Waals surface area contributed by atoms with Gasteiger partial charge in [0.25, 0.3) is 0 Å². The highest BCUT2D eigenvalue weighted by Crippen LogP contribution is 2.24. The molecule has 2 aromatic carbocycles. The fraction of sp³-hybridized carbons (Fsp3) is 0.381. The monoisotopic (exact) mass is 337 g/mol. The number of amides is 2. The van der Waals surface area contributed by atoms with E-state index in [9.17, 15) is 4.79 Å². The van der Waals surface area contributed by atoms with Crippen LogP contribution in [0.4, 0.5) is 16.2 Å². The summed E-state index contributed by atoms with van der Waals surface area (Å²) in [6.45, 7) is 11.5. The second-order valence-electron chi connectivity index (χ2n) is 6.96. The van der Waals surface area contributed by atoms with Crippen LogP contribution >= 0.6 is 0 Å². The summed E-state index contributed by atoms with van der Waals surface area (Å²) in [6.07, 6.45) is 0. The third-order valence-electron chi connectivity index (χ3n) is 4.99. The summed E-state index contributed by atoms with van der Waals surface area (Å²) >= 11 is 0. The van der Waals surface area contributed by atoms with Crippen molar-refractivity contribution >= 4 is 17.4 Å². The van der Waals surface area contributed by atoms with Gasteiger partial charge in [0.05, 0.1) is 0 Å². The molecule has 2 amide bonds. The Morgan fingerprint density at radius 3 is 2.16 bits per heavy atom. The first-order valence-electron chi connectivity index (χ1n) is 8.90. The van der Waals surface area contributed by atoms with Crippen LogP contribution in [0.15, 0.2) is 36.4 Å². The van der Waals surface area contributed by atoms with Crippen molar-refractivity contribution in [2.24, 2.45) is 0 Å². The van der Waals surface area contributed by atoms with Crippen LogP contribution in [0.25, 0.3) is 0 Å². The molecule has 2 aromatic rings. The van der Waals surface area contributed by atoms with Crippen LogP contribution in [0.1, 0.15) is 22.3 Å². The Bertz CT molecular complexity index is 756. The van der Waals surface area contributed by atoms with E-state index in [2.05, 4.69) is 42.3 Å². The molecule has 0 bridgehead atoms. The summed E-state index contributed by atoms with van der Waals surface area (Å²) in [7, 11) is 0. The van der Waals surface area contributed by atoms with Crippen LogP contribution < -0.4 is 10.2 Å². The van der Waals surface area contributed by atoms with Crippen LogP contribution in [0, 0.1) is 27.7 Å². The maximum absolute atomic E-state index is 12.6. The maximum Gasteiger partial charge on any atom is 0.321 e. The molecule has 0 aliphatic carbocycles. The molecule has 3 rings (SSSR count). The first-order chi connectivity index (χ1) is 12.0. The number of hydrogen-bond donors (Lipinski definition) is 1. The van der Waals surface area contributed by atoms with Crippen LogP contribution in [0.2, 0.25) is 0 Å². The van der Waals surface area contributed by atoms with E-state index in [1.54, 1.807) is 0 Å². The summed E-state index contributed by atoms with van der Waals surface area (Å²) in [5.74, 6) is 0. The molecule has 0 radical (unpaired) electrons. The molecule has 0 saturated carbocycles. The van der Waals surface area contributed by atoms with Crippen molar-refractivity contribution in [1.29, 1.82) is 0 Å². The highest BCUT2D eigenvalue weighted by atomic mass is 16.2. The summed E-state index contributed by atoms with van der Waals surface area (Å²) in [4.78, 5) is 16.9. The summed E-state index contributed by atoms with van der Waals surface area (Å²) < 4.78 is 0. The van der Waals surface area contributed by atoms with Crippen molar-refractivity contribution in [3.63, 3.8) is 0 Å². The molecule has 1 aliphatic rings. The van der Waals surface area contributed by atoms with Gasteiger partial charge in [-0.15, -0.1) is 0 Å². The number of nitrogens with zero attached hydrogens (tertiary/aromatic N) is 2. The largest absolute Gasteiger partial charge is 0.368 e. The first kappa shape index (κ1) is 17.3. The number of nitrogens with one attached hydrogen (secondary N) is 1. The van der Waals surface area contributed by atoms with E-state index < -0.39 is 0 Å². The molecule has 1 saturated heterocycles. The van der Waals surface area contributed by atoms with Gasteiger partial charge in [-0.05, 0) is 56.0 Å². The Kier molecular flexibility index (Phi) is 4.98. The molecule has 25 heavy (non-hydrogen) atoms. The van der Waals surface area contributed by atoms with Gasteiger partial charge >= 0.3 is 6.03 Å². The predicted octanol–water partition coefficient (Wildman–Crippen LogP) is 4.27. The lowest BCUT2D eigenvalue weighted by molar-refractivity contribution is 0.208. The third-order valence-corrected chi connectivity index (χ3v) is 4.99. The molecule has 1 fully saturated rings. The van der Waals surface area contributed by atoms with E-state index in [0.29, 0.717) is 0 Å². The Morgan fingerprint density at radius 1 is 0.880 bits per heavy atom. The average molecular weight is 337 g/mol. The molecule has 4 heteroatoms. The molecular weight excluding hydrogens is 310 g/mol. The average Bonchev–Trinajstić information content (AvgIpc) is 2.60. The van der Waals surface area contributed by atoms with Crippen LogP contribution in [-0.2, 0) is 0 Å². The number of urea groups is 1. The van der Waals surface area contributed by atoms with E-state index in [4.69, 9.17) is 0 Å². The molecular formula is C21H27N3O. The number of carbonyl (C=O) groups excluding carboxylic acids is 1. The molecule has 1 N–H and O–H groups in total. The fourth-order valence-electron chi connectivity index (χ4n) is 3.41. The van der Waals surface area contributed by atoms with Crippen molar-refractivity contribution in [2.75, 3.05) is 36.4 Å². The minimum Gasteiger partial charge on any atom is -0.368 e. The summed E-state index contributed by atoms with van der Waals surface area (Å²) in [5.41, 5.74) is 6.99. The third kappa shape index (κ3) is 3.78. The lowest BCUT2D eigenvalue weighted by atomic mass is 10.1. The zero-order valence-electron chi connectivity index (χ0n) is 15.6. The lowest BCUT2D eigenvalue weighted by Crippen LogP contribution is -2.50. The van der Waals surface area contributed by atoms with E-state index >= 15 is 0 Å². The summed E-state index contributed by atoms with van der Waals surface area (Å²) in [6, 6.07) is 12.6. The van der Waals surface area contributed by atoms with Crippen molar-refractivity contribution in [3.05, 3.63) is 58.7 Å². The Hall–Kier alpha value is -2.49. The number of hydrogen-bond acceptors (Lipinski definition) is 2. The van der Waals surface area contributed by atoms with Gasteiger partial charge in [0.1, 0.15) is 0 Å². The zero-order chi connectivity index (χ0) is 18.0. The van der Waals surface area contributed by atoms with Crippen LogP contribution in [0.3, 0.4) is 0 Å². The predicted molar refractivity (Wildman–Crippen MR) is 105 cm³/mol. The molecule has 1 aliphatic heterocycles. The number of carbonyl (C=O) groups is 1. The Labute approximate surface area is 150 Å². The van der Waals surface area contributed by atoms with E-state index in [-0.39, 0.29) is 6.03 Å². The van der Waals surface area contributed by atoms with Gasteiger partial charge in [-0.3, -0.25) is 0 Å². The number of benzene rings is 2. The summed E-state index contributed by atoms with van der Waals surface area (Å²) in [5, 5.41) is 3.09. The van der Waals surface area contributed by atoms with Gasteiger partial charge in [-0.25, -0.2) is 4.79 Å². The zero-order valence-corrected chi connectivity index (χ0v) is 15.6. The van der Waals surface area contributed by atoms with Gasteiger partial charge in [0, 0.05) is 37.6 Å². The van der Waals surface area contributed by atoms with Gasteiger partial charge in [-0.2, -0.15) is 0 Å². The number of para-hydroxylation sites is 1. The van der Waals surface area contributed by atoms with Crippen molar-refractivity contribution in [2.45, 2.75) is 27.7 Å². The molecule has 4 nitrogen and oxygen atoms in total. The first-order valence-corrected chi connectivity index (χ1v) is 8.90. The molecule has 1 heterocycles. The molecule has 0 spiro atoms. The van der Waals surface area contributed by atoms with E-state index in [1.807, 2.05) is 36.9 Å². The van der Waals surface area contributed by atoms with Gasteiger partial charge in [0.2, 0.25) is 0 Å². The van der Waals surface area contributed by atoms with Crippen molar-refractivity contribution in [1.82, 2.24) is 4.90 Å². The maximum atomic E-state index is 12.6. The van der Waals surface area contributed by atoms with Gasteiger partial charge in [0.15, 0.2) is 0 Å². The molecule has 0 atom stereocenters. The van der Waals surface area contributed by atoms with Gasteiger partial charge < -0.3 is 15.1 Å². The quantitative estimate of drug-likeness (QED) is 0.888. The minimum atomic E-state index is -0.00184. The molecule has 0 unspecified atom stereocenters. The topological polar surface area (TPSA) is 35.6 Å². The van der Waals surface area contributed by atoms with Crippen LogP contribution in [-0.4, -0.2) is 37.1 Å². The number of piperazine rings is 1. The number of aryl methyl sites for hydroxylation is 4.